The molecular formula is C14H19NO3S. The number of benzene rings is 1. The smallest absolute Gasteiger partial charge is 0.325 e. The van der Waals surface area contributed by atoms with Crippen LogP contribution in [0.15, 0.2) is 29.2 Å². The summed E-state index contributed by atoms with van der Waals surface area (Å²) in [5.41, 5.74) is -0.828. The second kappa shape index (κ2) is 5.84. The molecule has 0 heterocycles. The van der Waals surface area contributed by atoms with Gasteiger partial charge in [0.05, 0.1) is 7.11 Å². The fraction of sp³-hybridized carbons (Fsp3) is 0.500. The molecule has 2 rings (SSSR count). The number of hydrogen-bond acceptors (Lipinski definition) is 4. The SMILES string of the molecule is CNC(CSc1ccccc1OC)(C(=O)O)C1CC1. The quantitative estimate of drug-likeness (QED) is 0.751. The molecule has 1 atom stereocenters. The number of nitrogens with one attached hydrogen (secondary N) is 1. The van der Waals surface area contributed by atoms with Crippen molar-refractivity contribution < 1.29 is 14.6 Å². The molecule has 0 saturated heterocycles. The van der Waals surface area contributed by atoms with Gasteiger partial charge < -0.3 is 15.2 Å². The Morgan fingerprint density at radius 2 is 2.21 bits per heavy atom. The molecule has 0 amide bonds. The molecule has 1 aliphatic carbocycles. The maximum Gasteiger partial charge on any atom is 0.325 e. The van der Waals surface area contributed by atoms with Crippen molar-refractivity contribution in [3.63, 3.8) is 0 Å². The molecule has 4 nitrogen and oxygen atoms in total. The van der Waals surface area contributed by atoms with Gasteiger partial charge >= 0.3 is 5.97 Å². The van der Waals surface area contributed by atoms with Crippen LogP contribution in [0.4, 0.5) is 0 Å². The second-order valence-electron chi connectivity index (χ2n) is 4.74. The average Bonchev–Trinajstić information content (AvgIpc) is 3.25. The van der Waals surface area contributed by atoms with E-state index in [0.717, 1.165) is 23.5 Å². The van der Waals surface area contributed by atoms with Crippen LogP contribution in [0.5, 0.6) is 5.75 Å². The molecule has 19 heavy (non-hydrogen) atoms. The molecule has 104 valence electrons. The third kappa shape index (κ3) is 2.87. The van der Waals surface area contributed by atoms with Crippen molar-refractivity contribution in [2.45, 2.75) is 23.3 Å². The number of carboxylic acid groups (broad SMARTS) is 1. The summed E-state index contributed by atoms with van der Waals surface area (Å²) in [6, 6.07) is 7.69. The zero-order chi connectivity index (χ0) is 13.9. The van der Waals surface area contributed by atoms with E-state index in [2.05, 4.69) is 5.32 Å². The number of hydrogen-bond donors (Lipinski definition) is 2. The van der Waals surface area contributed by atoms with E-state index < -0.39 is 11.5 Å². The van der Waals surface area contributed by atoms with Crippen molar-refractivity contribution >= 4 is 17.7 Å². The maximum atomic E-state index is 11.6. The van der Waals surface area contributed by atoms with Crippen molar-refractivity contribution in [2.24, 2.45) is 5.92 Å². The highest BCUT2D eigenvalue weighted by atomic mass is 32.2. The van der Waals surface area contributed by atoms with Gasteiger partial charge in [-0.25, -0.2) is 0 Å². The van der Waals surface area contributed by atoms with Crippen LogP contribution in [0.3, 0.4) is 0 Å². The predicted molar refractivity (Wildman–Crippen MR) is 75.9 cm³/mol. The van der Waals surface area contributed by atoms with Gasteiger partial charge in [0, 0.05) is 10.6 Å². The van der Waals surface area contributed by atoms with Gasteiger partial charge in [-0.15, -0.1) is 11.8 Å². The highest BCUT2D eigenvalue weighted by molar-refractivity contribution is 7.99. The van der Waals surface area contributed by atoms with Crippen LogP contribution in [-0.4, -0.2) is 36.5 Å². The Hall–Kier alpha value is -1.20. The van der Waals surface area contributed by atoms with Gasteiger partial charge in [0.15, 0.2) is 0 Å². The summed E-state index contributed by atoms with van der Waals surface area (Å²) in [6.45, 7) is 0. The molecule has 0 radical (unpaired) electrons. The van der Waals surface area contributed by atoms with E-state index in [-0.39, 0.29) is 5.92 Å². The largest absolute Gasteiger partial charge is 0.496 e. The van der Waals surface area contributed by atoms with Gasteiger partial charge in [0.1, 0.15) is 11.3 Å². The Labute approximate surface area is 117 Å². The normalized spacial score (nSPS) is 17.8. The van der Waals surface area contributed by atoms with Crippen LogP contribution in [0.25, 0.3) is 0 Å². The standard InChI is InChI=1S/C14H19NO3S/c1-15-14(13(16)17,10-7-8-10)9-19-12-6-4-3-5-11(12)18-2/h3-6,10,15H,7-9H2,1-2H3,(H,16,17). The predicted octanol–water partition coefficient (Wildman–Crippen LogP) is 2.24. The van der Waals surface area contributed by atoms with Crippen LogP contribution in [0.2, 0.25) is 0 Å². The topological polar surface area (TPSA) is 58.6 Å². The third-order valence-electron chi connectivity index (χ3n) is 3.63. The number of carbonyl (C=O) groups is 1. The summed E-state index contributed by atoms with van der Waals surface area (Å²) in [6.07, 6.45) is 1.97. The van der Waals surface area contributed by atoms with Crippen molar-refractivity contribution in [3.05, 3.63) is 24.3 Å². The lowest BCUT2D eigenvalue weighted by Gasteiger charge is -2.28. The zero-order valence-corrected chi connectivity index (χ0v) is 12.0. The van der Waals surface area contributed by atoms with E-state index >= 15 is 0 Å². The summed E-state index contributed by atoms with van der Waals surface area (Å²) in [4.78, 5) is 12.6. The first kappa shape index (κ1) is 14.2. The molecule has 1 aliphatic rings. The summed E-state index contributed by atoms with van der Waals surface area (Å²) in [7, 11) is 3.36. The Morgan fingerprint density at radius 1 is 1.53 bits per heavy atom. The summed E-state index contributed by atoms with van der Waals surface area (Å²) < 4.78 is 5.29. The number of likely N-dealkylation sites (N-methyl/N-ethyl adjacent to an activating group) is 1. The van der Waals surface area contributed by atoms with Crippen LogP contribution in [0.1, 0.15) is 12.8 Å². The molecule has 5 heteroatoms. The summed E-state index contributed by atoms with van der Waals surface area (Å²) in [5, 5.41) is 12.6. The van der Waals surface area contributed by atoms with Gasteiger partial charge in [0.25, 0.3) is 0 Å². The molecule has 1 aromatic carbocycles. The van der Waals surface area contributed by atoms with Crippen molar-refractivity contribution in [1.29, 1.82) is 0 Å². The Morgan fingerprint density at radius 3 is 2.74 bits per heavy atom. The number of methoxy groups -OCH3 is 1. The Balaban J connectivity index is 2.13. The Kier molecular flexibility index (Phi) is 4.37. The molecular weight excluding hydrogens is 262 g/mol. The number of rotatable bonds is 7. The van der Waals surface area contributed by atoms with Gasteiger partial charge in [0.2, 0.25) is 0 Å². The third-order valence-corrected chi connectivity index (χ3v) is 4.87. The Bertz CT molecular complexity index is 462. The zero-order valence-electron chi connectivity index (χ0n) is 11.2. The fourth-order valence-corrected chi connectivity index (χ4v) is 3.60. The molecule has 1 aromatic rings. The molecule has 1 unspecified atom stereocenters. The van der Waals surface area contributed by atoms with E-state index in [9.17, 15) is 9.90 Å². The van der Waals surface area contributed by atoms with E-state index in [4.69, 9.17) is 4.74 Å². The first-order valence-electron chi connectivity index (χ1n) is 6.32. The summed E-state index contributed by atoms with van der Waals surface area (Å²) >= 11 is 1.53. The summed E-state index contributed by atoms with van der Waals surface area (Å²) in [5.74, 6) is 0.764. The van der Waals surface area contributed by atoms with E-state index in [1.165, 1.54) is 11.8 Å². The average molecular weight is 281 g/mol. The fourth-order valence-electron chi connectivity index (χ4n) is 2.24. The van der Waals surface area contributed by atoms with E-state index in [0.29, 0.717) is 5.75 Å². The highest BCUT2D eigenvalue weighted by Crippen LogP contribution is 2.43. The van der Waals surface area contributed by atoms with Crippen LogP contribution in [0, 0.1) is 5.92 Å². The number of aliphatic carboxylic acids is 1. The molecule has 0 bridgehead atoms. The number of thioether (sulfide) groups is 1. The second-order valence-corrected chi connectivity index (χ2v) is 5.76. The number of carboxylic acids is 1. The van der Waals surface area contributed by atoms with E-state index in [1.54, 1.807) is 14.2 Å². The van der Waals surface area contributed by atoms with Crippen LogP contribution >= 0.6 is 11.8 Å². The van der Waals surface area contributed by atoms with Crippen molar-refractivity contribution in [1.82, 2.24) is 5.32 Å². The van der Waals surface area contributed by atoms with Gasteiger partial charge in [-0.2, -0.15) is 0 Å². The van der Waals surface area contributed by atoms with E-state index in [1.807, 2.05) is 24.3 Å². The monoisotopic (exact) mass is 281 g/mol. The lowest BCUT2D eigenvalue weighted by molar-refractivity contribution is -0.144. The lowest BCUT2D eigenvalue weighted by Crippen LogP contribution is -2.54. The molecule has 0 aliphatic heterocycles. The van der Waals surface area contributed by atoms with Crippen molar-refractivity contribution in [2.75, 3.05) is 19.9 Å². The minimum absolute atomic E-state index is 0.234. The minimum Gasteiger partial charge on any atom is -0.496 e. The van der Waals surface area contributed by atoms with Crippen LogP contribution in [-0.2, 0) is 4.79 Å². The first-order chi connectivity index (χ1) is 9.14. The van der Waals surface area contributed by atoms with Crippen molar-refractivity contribution in [3.8, 4) is 5.75 Å². The first-order valence-corrected chi connectivity index (χ1v) is 7.30. The number of ether oxygens (including phenoxy) is 1. The van der Waals surface area contributed by atoms with Gasteiger partial charge in [-0.1, -0.05) is 12.1 Å². The van der Waals surface area contributed by atoms with Gasteiger partial charge in [-0.3, -0.25) is 4.79 Å². The molecule has 2 N–H and O–H groups in total. The van der Waals surface area contributed by atoms with Gasteiger partial charge in [-0.05, 0) is 37.9 Å². The molecule has 1 saturated carbocycles. The molecule has 1 fully saturated rings. The molecule has 0 aromatic heterocycles. The lowest BCUT2D eigenvalue weighted by atomic mass is 9.96. The van der Waals surface area contributed by atoms with Crippen LogP contribution < -0.4 is 10.1 Å². The molecule has 0 spiro atoms. The highest BCUT2D eigenvalue weighted by Gasteiger charge is 2.50. The number of para-hydroxylation sites is 1. The maximum absolute atomic E-state index is 11.6. The minimum atomic E-state index is -0.828.